The lowest BCUT2D eigenvalue weighted by Crippen LogP contribution is -2.50. The van der Waals surface area contributed by atoms with Crippen LogP contribution < -0.4 is 5.32 Å². The Kier molecular flexibility index (Phi) is 6.56. The summed E-state index contributed by atoms with van der Waals surface area (Å²) in [5, 5.41) is 9.01. The third-order valence-corrected chi connectivity index (χ3v) is 5.48. The van der Waals surface area contributed by atoms with Crippen molar-refractivity contribution in [2.24, 2.45) is 5.10 Å². The molecule has 2 amide bonds. The van der Waals surface area contributed by atoms with Gasteiger partial charge in [0.2, 0.25) is 0 Å². The monoisotopic (exact) mass is 409 g/mol. The first-order chi connectivity index (χ1) is 14.7. The van der Waals surface area contributed by atoms with Crippen molar-refractivity contribution in [2.75, 3.05) is 52.4 Å². The van der Waals surface area contributed by atoms with Crippen molar-refractivity contribution in [3.8, 4) is 0 Å². The highest BCUT2D eigenvalue weighted by molar-refractivity contribution is 6.02. The smallest absolute Gasteiger partial charge is 0.287 e. The first kappa shape index (κ1) is 20.3. The molecule has 1 fully saturated rings. The Balaban J connectivity index is 1.16. The summed E-state index contributed by atoms with van der Waals surface area (Å²) >= 11 is 0. The normalized spacial score (nSPS) is 17.7. The molecule has 8 heteroatoms. The number of nitrogens with zero attached hydrogens (tertiary/aromatic N) is 4. The minimum Gasteiger partial charge on any atom is -0.459 e. The van der Waals surface area contributed by atoms with Gasteiger partial charge < -0.3 is 9.73 Å². The van der Waals surface area contributed by atoms with Gasteiger partial charge in [0.25, 0.3) is 11.8 Å². The number of benzene rings is 1. The SMILES string of the molecule is O=C(NCCN1CCN(CC(=O)N2CCC(c3ccccc3)=N2)CC1)c1ccco1. The van der Waals surface area contributed by atoms with E-state index in [-0.39, 0.29) is 11.8 Å². The molecular weight excluding hydrogens is 382 g/mol. The van der Waals surface area contributed by atoms with E-state index >= 15 is 0 Å². The maximum Gasteiger partial charge on any atom is 0.287 e. The van der Waals surface area contributed by atoms with Gasteiger partial charge >= 0.3 is 0 Å². The van der Waals surface area contributed by atoms with E-state index in [1.807, 2.05) is 30.3 Å². The second-order valence-electron chi connectivity index (χ2n) is 7.53. The Labute approximate surface area is 176 Å². The Morgan fingerprint density at radius 2 is 1.73 bits per heavy atom. The van der Waals surface area contributed by atoms with E-state index in [4.69, 9.17) is 4.42 Å². The van der Waals surface area contributed by atoms with E-state index in [0.717, 1.165) is 50.4 Å². The number of carbonyl (C=O) groups is 2. The number of amides is 2. The van der Waals surface area contributed by atoms with E-state index in [1.54, 1.807) is 17.1 Å². The highest BCUT2D eigenvalue weighted by Crippen LogP contribution is 2.14. The molecule has 2 aliphatic heterocycles. The van der Waals surface area contributed by atoms with E-state index in [9.17, 15) is 9.59 Å². The molecule has 0 saturated carbocycles. The molecule has 0 unspecified atom stereocenters. The van der Waals surface area contributed by atoms with Crippen LogP contribution in [0.1, 0.15) is 22.5 Å². The van der Waals surface area contributed by atoms with E-state index in [2.05, 4.69) is 20.2 Å². The zero-order valence-corrected chi connectivity index (χ0v) is 17.0. The summed E-state index contributed by atoms with van der Waals surface area (Å²) in [6, 6.07) is 13.4. The maximum atomic E-state index is 12.6. The van der Waals surface area contributed by atoms with Crippen molar-refractivity contribution in [1.82, 2.24) is 20.1 Å². The number of nitrogens with one attached hydrogen (secondary N) is 1. The van der Waals surface area contributed by atoms with Gasteiger partial charge in [0.1, 0.15) is 0 Å². The minimum absolute atomic E-state index is 0.0556. The molecule has 0 atom stereocenters. The van der Waals surface area contributed by atoms with Gasteiger partial charge in [0.15, 0.2) is 5.76 Å². The first-order valence-corrected chi connectivity index (χ1v) is 10.4. The summed E-state index contributed by atoms with van der Waals surface area (Å²) in [4.78, 5) is 29.0. The van der Waals surface area contributed by atoms with Gasteiger partial charge in [-0.1, -0.05) is 30.3 Å². The average Bonchev–Trinajstić information content (AvgIpc) is 3.48. The molecule has 1 N–H and O–H groups in total. The van der Waals surface area contributed by atoms with Crippen molar-refractivity contribution < 1.29 is 14.0 Å². The molecule has 2 aromatic rings. The topological polar surface area (TPSA) is 81.4 Å². The Morgan fingerprint density at radius 1 is 0.967 bits per heavy atom. The van der Waals surface area contributed by atoms with Gasteiger partial charge in [-0.2, -0.15) is 5.10 Å². The first-order valence-electron chi connectivity index (χ1n) is 10.4. The van der Waals surface area contributed by atoms with Crippen LogP contribution in [0.15, 0.2) is 58.2 Å². The largest absolute Gasteiger partial charge is 0.459 e. The molecule has 0 aliphatic carbocycles. The summed E-state index contributed by atoms with van der Waals surface area (Å²) in [6.45, 7) is 5.83. The summed E-state index contributed by atoms with van der Waals surface area (Å²) in [5.74, 6) is 0.198. The Bertz CT molecular complexity index is 873. The fourth-order valence-electron chi connectivity index (χ4n) is 3.74. The molecule has 0 bridgehead atoms. The number of carbonyl (C=O) groups excluding carboxylic acids is 2. The lowest BCUT2D eigenvalue weighted by atomic mass is 10.1. The van der Waals surface area contributed by atoms with Crippen LogP contribution in [0.2, 0.25) is 0 Å². The maximum absolute atomic E-state index is 12.6. The van der Waals surface area contributed by atoms with Crippen LogP contribution in [-0.4, -0.2) is 84.7 Å². The fourth-order valence-corrected chi connectivity index (χ4v) is 3.74. The number of piperazine rings is 1. The van der Waals surface area contributed by atoms with Gasteiger partial charge in [-0.05, 0) is 17.7 Å². The molecule has 0 radical (unpaired) electrons. The van der Waals surface area contributed by atoms with Gasteiger partial charge in [0.05, 0.1) is 25.1 Å². The van der Waals surface area contributed by atoms with Crippen LogP contribution in [0.5, 0.6) is 0 Å². The van der Waals surface area contributed by atoms with E-state index in [0.29, 0.717) is 25.4 Å². The average molecular weight is 409 g/mol. The lowest BCUT2D eigenvalue weighted by molar-refractivity contribution is -0.132. The molecule has 0 spiro atoms. The molecule has 1 saturated heterocycles. The minimum atomic E-state index is -0.190. The van der Waals surface area contributed by atoms with Crippen molar-refractivity contribution in [2.45, 2.75) is 6.42 Å². The van der Waals surface area contributed by atoms with Crippen LogP contribution in [-0.2, 0) is 4.79 Å². The lowest BCUT2D eigenvalue weighted by Gasteiger charge is -2.34. The van der Waals surface area contributed by atoms with Gasteiger partial charge in [0, 0.05) is 45.7 Å². The number of hydrogen-bond donors (Lipinski definition) is 1. The number of hydrogen-bond acceptors (Lipinski definition) is 6. The predicted octanol–water partition coefficient (Wildman–Crippen LogP) is 1.26. The van der Waals surface area contributed by atoms with Gasteiger partial charge in [-0.25, -0.2) is 5.01 Å². The second kappa shape index (κ2) is 9.69. The van der Waals surface area contributed by atoms with Crippen LogP contribution in [0.4, 0.5) is 0 Å². The molecule has 1 aromatic carbocycles. The molecule has 1 aromatic heterocycles. The van der Waals surface area contributed by atoms with Crippen molar-refractivity contribution in [1.29, 1.82) is 0 Å². The molecule has 30 heavy (non-hydrogen) atoms. The molecule has 4 rings (SSSR count). The third kappa shape index (κ3) is 5.14. The summed E-state index contributed by atoms with van der Waals surface area (Å²) in [7, 11) is 0. The number of rotatable bonds is 7. The number of furan rings is 1. The van der Waals surface area contributed by atoms with Crippen LogP contribution in [0.25, 0.3) is 0 Å². The molecular formula is C22H27N5O3. The predicted molar refractivity (Wildman–Crippen MR) is 113 cm³/mol. The van der Waals surface area contributed by atoms with Crippen LogP contribution >= 0.6 is 0 Å². The molecule has 158 valence electrons. The summed E-state index contributed by atoms with van der Waals surface area (Å²) in [6.07, 6.45) is 2.29. The highest BCUT2D eigenvalue weighted by atomic mass is 16.3. The Hall–Kier alpha value is -2.97. The Morgan fingerprint density at radius 3 is 2.47 bits per heavy atom. The third-order valence-electron chi connectivity index (χ3n) is 5.48. The van der Waals surface area contributed by atoms with Crippen molar-refractivity contribution in [3.05, 3.63) is 60.1 Å². The summed E-state index contributed by atoms with van der Waals surface area (Å²) in [5.41, 5.74) is 2.06. The van der Waals surface area contributed by atoms with Crippen LogP contribution in [0, 0.1) is 0 Å². The van der Waals surface area contributed by atoms with Gasteiger partial charge in [-0.15, -0.1) is 0 Å². The fraction of sp³-hybridized carbons (Fsp3) is 0.409. The summed E-state index contributed by atoms with van der Waals surface area (Å²) < 4.78 is 5.09. The second-order valence-corrected chi connectivity index (χ2v) is 7.53. The zero-order chi connectivity index (χ0) is 20.8. The quantitative estimate of drug-likeness (QED) is 0.745. The van der Waals surface area contributed by atoms with Crippen molar-refractivity contribution in [3.63, 3.8) is 0 Å². The van der Waals surface area contributed by atoms with E-state index < -0.39 is 0 Å². The molecule has 3 heterocycles. The highest BCUT2D eigenvalue weighted by Gasteiger charge is 2.25. The standard InChI is InChI=1S/C22H27N5O3/c28-21(27-10-8-19(24-27)18-5-2-1-3-6-18)17-26-14-12-25(13-15-26)11-9-23-22(29)20-7-4-16-30-20/h1-7,16H,8-15,17H2,(H,23,29). The van der Waals surface area contributed by atoms with Crippen LogP contribution in [0.3, 0.4) is 0 Å². The van der Waals surface area contributed by atoms with Crippen molar-refractivity contribution >= 4 is 17.5 Å². The molecule has 2 aliphatic rings. The van der Waals surface area contributed by atoms with Gasteiger partial charge in [-0.3, -0.25) is 19.4 Å². The zero-order valence-electron chi connectivity index (χ0n) is 17.0. The molecule has 8 nitrogen and oxygen atoms in total. The number of hydrazone groups is 1. The van der Waals surface area contributed by atoms with E-state index in [1.165, 1.54) is 6.26 Å².